The normalized spacial score (nSPS) is 14.4. The quantitative estimate of drug-likeness (QED) is 0.737. The molecule has 1 heterocycles. The minimum absolute atomic E-state index is 0.269. The van der Waals surface area contributed by atoms with Crippen LogP contribution in [0.3, 0.4) is 0 Å². The van der Waals surface area contributed by atoms with Crippen molar-refractivity contribution in [2.75, 3.05) is 17.8 Å². The fourth-order valence-corrected chi connectivity index (χ4v) is 4.00. The summed E-state index contributed by atoms with van der Waals surface area (Å²) in [5.74, 6) is 0.714. The summed E-state index contributed by atoms with van der Waals surface area (Å²) in [6, 6.07) is 13.0. The molecule has 5 heteroatoms. The van der Waals surface area contributed by atoms with Gasteiger partial charge in [0.25, 0.3) is 11.8 Å². The van der Waals surface area contributed by atoms with Crippen LogP contribution in [0.5, 0.6) is 5.75 Å². The fraction of sp³-hybridized carbons (Fsp3) is 0.238. The number of para-hydroxylation sites is 1. The molecule has 0 aliphatic carbocycles. The molecule has 2 amide bonds. The summed E-state index contributed by atoms with van der Waals surface area (Å²) in [4.78, 5) is 28.2. The van der Waals surface area contributed by atoms with Crippen LogP contribution >= 0.6 is 11.8 Å². The van der Waals surface area contributed by atoms with E-state index in [9.17, 15) is 9.59 Å². The second kappa shape index (κ2) is 7.38. The summed E-state index contributed by atoms with van der Waals surface area (Å²) < 4.78 is 5.42. The maximum Gasteiger partial charge on any atom is 0.272 e. The maximum atomic E-state index is 13.3. The van der Waals surface area contributed by atoms with E-state index in [4.69, 9.17) is 4.74 Å². The Hall–Kier alpha value is -2.53. The van der Waals surface area contributed by atoms with Gasteiger partial charge in [-0.1, -0.05) is 42.8 Å². The number of nitrogens with zero attached hydrogens (tertiary/aromatic N) is 1. The average Bonchev–Trinajstić information content (AvgIpc) is 2.86. The molecule has 0 atom stereocenters. The monoisotopic (exact) mass is 367 g/mol. The van der Waals surface area contributed by atoms with Crippen molar-refractivity contribution < 1.29 is 14.3 Å². The molecule has 0 saturated carbocycles. The zero-order valence-corrected chi connectivity index (χ0v) is 16.1. The van der Waals surface area contributed by atoms with Crippen LogP contribution in [0.2, 0.25) is 0 Å². The third-order valence-electron chi connectivity index (χ3n) is 4.30. The third kappa shape index (κ3) is 3.03. The highest BCUT2D eigenvalue weighted by Crippen LogP contribution is 2.41. The lowest BCUT2D eigenvalue weighted by atomic mass is 10.0. The van der Waals surface area contributed by atoms with Gasteiger partial charge < -0.3 is 4.74 Å². The predicted octanol–water partition coefficient (Wildman–Crippen LogP) is 4.35. The third-order valence-corrected chi connectivity index (χ3v) is 5.26. The smallest absolute Gasteiger partial charge is 0.272 e. The Morgan fingerprint density at radius 3 is 2.42 bits per heavy atom. The number of aryl methyl sites for hydroxylation is 2. The van der Waals surface area contributed by atoms with Gasteiger partial charge in [-0.2, -0.15) is 0 Å². The molecule has 134 valence electrons. The van der Waals surface area contributed by atoms with E-state index in [-0.39, 0.29) is 11.8 Å². The number of methoxy groups -OCH3 is 1. The number of carbonyl (C=O) groups is 2. The van der Waals surface area contributed by atoms with Crippen molar-refractivity contribution in [3.8, 4) is 5.75 Å². The van der Waals surface area contributed by atoms with Gasteiger partial charge in [-0.05, 0) is 37.3 Å². The Labute approximate surface area is 157 Å². The summed E-state index contributed by atoms with van der Waals surface area (Å²) in [5.41, 5.74) is 3.68. The van der Waals surface area contributed by atoms with Crippen LogP contribution in [-0.4, -0.2) is 24.7 Å². The molecule has 1 aliphatic heterocycles. The van der Waals surface area contributed by atoms with E-state index in [0.29, 0.717) is 33.2 Å². The van der Waals surface area contributed by atoms with Gasteiger partial charge in [-0.15, -0.1) is 11.8 Å². The number of rotatable bonds is 5. The van der Waals surface area contributed by atoms with Crippen LogP contribution in [-0.2, 0) is 9.59 Å². The van der Waals surface area contributed by atoms with Crippen molar-refractivity contribution in [2.24, 2.45) is 0 Å². The molecular formula is C21H21NO3S. The number of hydrogen-bond donors (Lipinski definition) is 0. The summed E-state index contributed by atoms with van der Waals surface area (Å²) in [5, 5.41) is 0. The Morgan fingerprint density at radius 1 is 1.04 bits per heavy atom. The first kappa shape index (κ1) is 18.3. The van der Waals surface area contributed by atoms with Crippen molar-refractivity contribution in [1.82, 2.24) is 0 Å². The Morgan fingerprint density at radius 2 is 1.77 bits per heavy atom. The Kier molecular flexibility index (Phi) is 5.18. The topological polar surface area (TPSA) is 46.6 Å². The molecule has 0 N–H and O–H groups in total. The van der Waals surface area contributed by atoms with Crippen LogP contribution in [0, 0.1) is 13.8 Å². The zero-order chi connectivity index (χ0) is 18.8. The van der Waals surface area contributed by atoms with Crippen molar-refractivity contribution in [1.29, 1.82) is 0 Å². The van der Waals surface area contributed by atoms with Crippen molar-refractivity contribution >= 4 is 34.8 Å². The highest BCUT2D eigenvalue weighted by Gasteiger charge is 2.41. The van der Waals surface area contributed by atoms with Gasteiger partial charge in [-0.3, -0.25) is 9.59 Å². The second-order valence-corrected chi connectivity index (χ2v) is 7.35. The number of ether oxygens (including phenoxy) is 1. The van der Waals surface area contributed by atoms with Crippen LogP contribution in [0.1, 0.15) is 23.6 Å². The number of anilines is 1. The van der Waals surface area contributed by atoms with Crippen LogP contribution in [0.4, 0.5) is 5.69 Å². The Bertz CT molecular complexity index is 917. The summed E-state index contributed by atoms with van der Waals surface area (Å²) in [6.07, 6.45) is 0. The first-order chi connectivity index (χ1) is 12.5. The molecule has 1 aliphatic rings. The Balaban J connectivity index is 2.16. The van der Waals surface area contributed by atoms with Gasteiger partial charge in [0.05, 0.1) is 23.3 Å². The lowest BCUT2D eigenvalue weighted by molar-refractivity contribution is -0.119. The second-order valence-electron chi connectivity index (χ2n) is 6.07. The zero-order valence-electron chi connectivity index (χ0n) is 15.3. The van der Waals surface area contributed by atoms with Crippen LogP contribution in [0.25, 0.3) is 5.57 Å². The molecule has 0 bridgehead atoms. The van der Waals surface area contributed by atoms with E-state index in [1.807, 2.05) is 57.2 Å². The lowest BCUT2D eigenvalue weighted by Crippen LogP contribution is -2.32. The fourth-order valence-electron chi connectivity index (χ4n) is 3.15. The molecule has 0 radical (unpaired) electrons. The van der Waals surface area contributed by atoms with E-state index >= 15 is 0 Å². The van der Waals surface area contributed by atoms with E-state index in [2.05, 4.69) is 0 Å². The number of amides is 2. The minimum atomic E-state index is -0.303. The maximum absolute atomic E-state index is 13.3. The molecule has 2 aromatic carbocycles. The highest BCUT2D eigenvalue weighted by atomic mass is 32.2. The predicted molar refractivity (Wildman–Crippen MR) is 106 cm³/mol. The first-order valence-corrected chi connectivity index (χ1v) is 9.44. The van der Waals surface area contributed by atoms with Crippen molar-refractivity contribution in [2.45, 2.75) is 20.8 Å². The van der Waals surface area contributed by atoms with Gasteiger partial charge in [-0.25, -0.2) is 4.90 Å². The van der Waals surface area contributed by atoms with Gasteiger partial charge in [0.1, 0.15) is 5.75 Å². The van der Waals surface area contributed by atoms with E-state index in [1.54, 1.807) is 13.2 Å². The summed E-state index contributed by atoms with van der Waals surface area (Å²) >= 11 is 1.39. The number of imide groups is 1. The number of hydrogen-bond acceptors (Lipinski definition) is 4. The average molecular weight is 367 g/mol. The number of benzene rings is 2. The summed E-state index contributed by atoms with van der Waals surface area (Å²) in [7, 11) is 1.56. The molecule has 0 saturated heterocycles. The molecule has 3 rings (SSSR count). The minimum Gasteiger partial charge on any atom is -0.496 e. The molecule has 26 heavy (non-hydrogen) atoms. The molecule has 0 aromatic heterocycles. The molecule has 0 spiro atoms. The van der Waals surface area contributed by atoms with E-state index < -0.39 is 0 Å². The van der Waals surface area contributed by atoms with Gasteiger partial charge in [0.2, 0.25) is 0 Å². The summed E-state index contributed by atoms with van der Waals surface area (Å²) in [6.45, 7) is 5.87. The molecule has 4 nitrogen and oxygen atoms in total. The van der Waals surface area contributed by atoms with E-state index in [0.717, 1.165) is 11.1 Å². The van der Waals surface area contributed by atoms with Crippen molar-refractivity contribution in [3.63, 3.8) is 0 Å². The molecule has 2 aromatic rings. The van der Waals surface area contributed by atoms with Crippen LogP contribution < -0.4 is 9.64 Å². The highest BCUT2D eigenvalue weighted by molar-refractivity contribution is 8.04. The van der Waals surface area contributed by atoms with Crippen LogP contribution in [0.15, 0.2) is 47.4 Å². The first-order valence-electron chi connectivity index (χ1n) is 8.46. The number of carbonyl (C=O) groups excluding carboxylic acids is 2. The van der Waals surface area contributed by atoms with E-state index in [1.165, 1.54) is 16.7 Å². The standard InChI is InChI=1S/C21H21NO3S/c1-5-26-19-18(15-8-6-7-9-17(15)25-4)20(23)22(21(19)24)16-11-10-13(2)12-14(16)3/h6-12H,5H2,1-4H3. The SMILES string of the molecule is CCSC1=C(c2ccccc2OC)C(=O)N(c2ccc(C)cc2C)C1=O. The van der Waals surface area contributed by atoms with Crippen molar-refractivity contribution in [3.05, 3.63) is 64.1 Å². The number of thioether (sulfide) groups is 1. The van der Waals surface area contributed by atoms with Gasteiger partial charge in [0, 0.05) is 5.56 Å². The molecule has 0 fully saturated rings. The molecule has 0 unspecified atom stereocenters. The molecular weight excluding hydrogens is 346 g/mol. The van der Waals surface area contributed by atoms with Gasteiger partial charge in [0.15, 0.2) is 0 Å². The lowest BCUT2D eigenvalue weighted by Gasteiger charge is -2.18. The largest absolute Gasteiger partial charge is 0.496 e. The van der Waals surface area contributed by atoms with Gasteiger partial charge >= 0.3 is 0 Å².